The molecule has 0 aromatic rings. The second-order valence-electron chi connectivity index (χ2n) is 4.34. The summed E-state index contributed by atoms with van der Waals surface area (Å²) in [5.74, 6) is 0.587. The summed E-state index contributed by atoms with van der Waals surface area (Å²) in [5.41, 5.74) is 0. The largest absolute Gasteiger partial charge is 0.468 e. The van der Waals surface area contributed by atoms with Crippen LogP contribution in [0.3, 0.4) is 0 Å². The summed E-state index contributed by atoms with van der Waals surface area (Å²) >= 11 is 0. The van der Waals surface area contributed by atoms with Crippen molar-refractivity contribution in [2.75, 3.05) is 26.9 Å². The Morgan fingerprint density at radius 2 is 2.25 bits per heavy atom. The van der Waals surface area contributed by atoms with Crippen molar-refractivity contribution in [2.45, 2.75) is 38.6 Å². The van der Waals surface area contributed by atoms with Crippen molar-refractivity contribution >= 4 is 5.97 Å². The van der Waals surface area contributed by atoms with Gasteiger partial charge in [0, 0.05) is 13.2 Å². The average molecular weight is 229 g/mol. The standard InChI is InChI=1S/C12H23NO3/c1-3-7-13-11(12(14)15-2)6-8-16-9-10-4-5-10/h10-11,13H,3-9H2,1-2H3. The lowest BCUT2D eigenvalue weighted by Crippen LogP contribution is -2.39. The van der Waals surface area contributed by atoms with E-state index >= 15 is 0 Å². The van der Waals surface area contributed by atoms with Gasteiger partial charge in [-0.3, -0.25) is 4.79 Å². The summed E-state index contributed by atoms with van der Waals surface area (Å²) in [4.78, 5) is 11.4. The van der Waals surface area contributed by atoms with E-state index in [1.807, 2.05) is 0 Å². The van der Waals surface area contributed by atoms with E-state index < -0.39 is 0 Å². The molecule has 4 heteroatoms. The molecular formula is C12H23NO3. The van der Waals surface area contributed by atoms with Crippen LogP contribution < -0.4 is 5.32 Å². The van der Waals surface area contributed by atoms with Crippen LogP contribution in [0, 0.1) is 5.92 Å². The predicted molar refractivity (Wildman–Crippen MR) is 62.3 cm³/mol. The van der Waals surface area contributed by atoms with Crippen LogP contribution in [-0.2, 0) is 14.3 Å². The Labute approximate surface area is 97.7 Å². The summed E-state index contributed by atoms with van der Waals surface area (Å²) in [7, 11) is 1.42. The van der Waals surface area contributed by atoms with Gasteiger partial charge in [0.15, 0.2) is 0 Å². The molecule has 1 unspecified atom stereocenters. The number of hydrogen-bond donors (Lipinski definition) is 1. The van der Waals surface area contributed by atoms with Crippen molar-refractivity contribution in [3.05, 3.63) is 0 Å². The molecule has 0 radical (unpaired) electrons. The number of ether oxygens (including phenoxy) is 2. The van der Waals surface area contributed by atoms with E-state index in [-0.39, 0.29) is 12.0 Å². The van der Waals surface area contributed by atoms with E-state index in [0.717, 1.165) is 25.5 Å². The van der Waals surface area contributed by atoms with Crippen LogP contribution in [0.1, 0.15) is 32.6 Å². The van der Waals surface area contributed by atoms with Crippen LogP contribution in [0.25, 0.3) is 0 Å². The molecule has 94 valence electrons. The molecule has 4 nitrogen and oxygen atoms in total. The molecule has 0 spiro atoms. The second kappa shape index (κ2) is 7.63. The number of hydrogen-bond acceptors (Lipinski definition) is 4. The zero-order chi connectivity index (χ0) is 11.8. The lowest BCUT2D eigenvalue weighted by molar-refractivity contribution is -0.143. The molecule has 1 fully saturated rings. The van der Waals surface area contributed by atoms with Crippen molar-refractivity contribution in [3.8, 4) is 0 Å². The zero-order valence-electron chi connectivity index (χ0n) is 10.3. The maximum absolute atomic E-state index is 11.4. The third kappa shape index (κ3) is 5.47. The van der Waals surface area contributed by atoms with Gasteiger partial charge in [0.2, 0.25) is 0 Å². The molecule has 1 aliphatic rings. The van der Waals surface area contributed by atoms with Crippen LogP contribution in [0.15, 0.2) is 0 Å². The van der Waals surface area contributed by atoms with Gasteiger partial charge in [-0.05, 0) is 38.1 Å². The Kier molecular flexibility index (Phi) is 6.42. The highest BCUT2D eigenvalue weighted by molar-refractivity contribution is 5.75. The van der Waals surface area contributed by atoms with Gasteiger partial charge in [0.05, 0.1) is 7.11 Å². The van der Waals surface area contributed by atoms with Crippen LogP contribution in [0.5, 0.6) is 0 Å². The number of esters is 1. The molecule has 1 saturated carbocycles. The maximum Gasteiger partial charge on any atom is 0.322 e. The van der Waals surface area contributed by atoms with E-state index in [1.165, 1.54) is 20.0 Å². The fourth-order valence-electron chi connectivity index (χ4n) is 1.50. The molecule has 1 atom stereocenters. The van der Waals surface area contributed by atoms with Gasteiger partial charge in [0.1, 0.15) is 6.04 Å². The highest BCUT2D eigenvalue weighted by atomic mass is 16.5. The smallest absolute Gasteiger partial charge is 0.322 e. The number of nitrogens with one attached hydrogen (secondary N) is 1. The van der Waals surface area contributed by atoms with Crippen LogP contribution in [-0.4, -0.2) is 38.9 Å². The molecule has 0 amide bonds. The van der Waals surface area contributed by atoms with Crippen molar-refractivity contribution in [1.82, 2.24) is 5.32 Å². The van der Waals surface area contributed by atoms with Gasteiger partial charge >= 0.3 is 5.97 Å². The van der Waals surface area contributed by atoms with Crippen LogP contribution in [0.2, 0.25) is 0 Å². The lowest BCUT2D eigenvalue weighted by atomic mass is 10.2. The third-order valence-corrected chi connectivity index (χ3v) is 2.73. The molecule has 1 aliphatic carbocycles. The number of carbonyl (C=O) groups excluding carboxylic acids is 1. The minimum Gasteiger partial charge on any atom is -0.468 e. The molecular weight excluding hydrogens is 206 g/mol. The molecule has 0 aliphatic heterocycles. The molecule has 0 saturated heterocycles. The zero-order valence-corrected chi connectivity index (χ0v) is 10.3. The van der Waals surface area contributed by atoms with Gasteiger partial charge in [-0.25, -0.2) is 0 Å². The SMILES string of the molecule is CCCNC(CCOCC1CC1)C(=O)OC. The first-order chi connectivity index (χ1) is 7.77. The third-order valence-electron chi connectivity index (χ3n) is 2.73. The van der Waals surface area contributed by atoms with Crippen molar-refractivity contribution in [1.29, 1.82) is 0 Å². The Hall–Kier alpha value is -0.610. The Morgan fingerprint density at radius 1 is 1.50 bits per heavy atom. The number of rotatable bonds is 9. The van der Waals surface area contributed by atoms with Crippen molar-refractivity contribution < 1.29 is 14.3 Å². The molecule has 0 heterocycles. The lowest BCUT2D eigenvalue weighted by Gasteiger charge is -2.15. The summed E-state index contributed by atoms with van der Waals surface area (Å²) in [6.07, 6.45) is 4.30. The Morgan fingerprint density at radius 3 is 2.81 bits per heavy atom. The van der Waals surface area contributed by atoms with E-state index in [2.05, 4.69) is 12.2 Å². The average Bonchev–Trinajstić information content (AvgIpc) is 3.11. The van der Waals surface area contributed by atoms with E-state index in [4.69, 9.17) is 9.47 Å². The van der Waals surface area contributed by atoms with E-state index in [1.54, 1.807) is 0 Å². The van der Waals surface area contributed by atoms with Gasteiger partial charge in [-0.15, -0.1) is 0 Å². The summed E-state index contributed by atoms with van der Waals surface area (Å²) in [6, 6.07) is -0.218. The molecule has 0 aromatic carbocycles. The predicted octanol–water partition coefficient (Wildman–Crippen LogP) is 1.34. The first-order valence-corrected chi connectivity index (χ1v) is 6.16. The highest BCUT2D eigenvalue weighted by Gasteiger charge is 2.22. The van der Waals surface area contributed by atoms with Crippen molar-refractivity contribution in [3.63, 3.8) is 0 Å². The van der Waals surface area contributed by atoms with Gasteiger partial charge in [-0.1, -0.05) is 6.92 Å². The summed E-state index contributed by atoms with van der Waals surface area (Å²) < 4.78 is 10.3. The fourth-order valence-corrected chi connectivity index (χ4v) is 1.50. The minimum atomic E-state index is -0.218. The topological polar surface area (TPSA) is 47.6 Å². The minimum absolute atomic E-state index is 0.191. The van der Waals surface area contributed by atoms with E-state index in [9.17, 15) is 4.79 Å². The number of carbonyl (C=O) groups is 1. The number of methoxy groups -OCH3 is 1. The fraction of sp³-hybridized carbons (Fsp3) is 0.917. The molecule has 16 heavy (non-hydrogen) atoms. The van der Waals surface area contributed by atoms with Crippen molar-refractivity contribution in [2.24, 2.45) is 5.92 Å². The molecule has 1 N–H and O–H groups in total. The normalized spacial score (nSPS) is 17.1. The van der Waals surface area contributed by atoms with E-state index in [0.29, 0.717) is 13.0 Å². The summed E-state index contributed by atoms with van der Waals surface area (Å²) in [5, 5.41) is 3.17. The Balaban J connectivity index is 2.11. The first-order valence-electron chi connectivity index (χ1n) is 6.16. The Bertz CT molecular complexity index is 204. The molecule has 0 aromatic heterocycles. The van der Waals surface area contributed by atoms with Gasteiger partial charge in [-0.2, -0.15) is 0 Å². The van der Waals surface area contributed by atoms with Gasteiger partial charge in [0.25, 0.3) is 0 Å². The molecule has 1 rings (SSSR count). The quantitative estimate of drug-likeness (QED) is 0.479. The second-order valence-corrected chi connectivity index (χ2v) is 4.34. The summed E-state index contributed by atoms with van der Waals surface area (Å²) in [6.45, 7) is 4.39. The highest BCUT2D eigenvalue weighted by Crippen LogP contribution is 2.28. The first kappa shape index (κ1) is 13.5. The van der Waals surface area contributed by atoms with Crippen LogP contribution >= 0.6 is 0 Å². The maximum atomic E-state index is 11.4. The van der Waals surface area contributed by atoms with Crippen LogP contribution in [0.4, 0.5) is 0 Å². The van der Waals surface area contributed by atoms with Gasteiger partial charge < -0.3 is 14.8 Å². The molecule has 0 bridgehead atoms. The monoisotopic (exact) mass is 229 g/mol.